The summed E-state index contributed by atoms with van der Waals surface area (Å²) < 4.78 is 1.05. The largest absolute Gasteiger partial charge is 0.369 e. The molecule has 7 heteroatoms. The Kier molecular flexibility index (Phi) is 6.03. The van der Waals surface area contributed by atoms with Crippen molar-refractivity contribution >= 4 is 39.1 Å². The van der Waals surface area contributed by atoms with Crippen LogP contribution in [0.2, 0.25) is 0 Å². The number of Topliss-reactive ketones (excluding diaryl/α,β-unsaturated/α-hetero) is 1. The first-order valence-corrected chi connectivity index (χ1v) is 9.79. The molecule has 0 amide bonds. The van der Waals surface area contributed by atoms with Crippen molar-refractivity contribution < 1.29 is 4.79 Å². The van der Waals surface area contributed by atoms with E-state index >= 15 is 0 Å². The van der Waals surface area contributed by atoms with E-state index in [1.807, 2.05) is 31.3 Å². The van der Waals surface area contributed by atoms with Gasteiger partial charge in [-0.15, -0.1) is 11.3 Å². The highest BCUT2D eigenvalue weighted by Gasteiger charge is 2.13. The molecule has 2 N–H and O–H groups in total. The summed E-state index contributed by atoms with van der Waals surface area (Å²) in [4.78, 5) is 24.0. The number of hydrogen-bond donors (Lipinski definition) is 2. The minimum atomic E-state index is 0.0756. The zero-order valence-corrected chi connectivity index (χ0v) is 17.0. The number of benzene rings is 1. The van der Waals surface area contributed by atoms with Crippen LogP contribution in [0.15, 0.2) is 30.3 Å². The van der Waals surface area contributed by atoms with Crippen LogP contribution < -0.4 is 10.6 Å². The number of anilines is 2. The lowest BCUT2D eigenvalue weighted by Crippen LogP contribution is -2.16. The van der Waals surface area contributed by atoms with E-state index in [0.717, 1.165) is 51.5 Å². The van der Waals surface area contributed by atoms with Gasteiger partial charge in [0.2, 0.25) is 5.95 Å². The molecule has 0 spiro atoms. The number of rotatable bonds is 8. The standard InChI is InChI=1S/C20H25N5OS/c1-13(26)14-6-8-15(9-7-14)17-12-16-18(27-17)19(24-20(21-2)23-16)22-10-5-11-25(3)4/h6-9,12H,5,10-11H2,1-4H3,(H2,21,22,23,24). The molecule has 0 saturated carbocycles. The van der Waals surface area contributed by atoms with Crippen LogP contribution in [0, 0.1) is 0 Å². The van der Waals surface area contributed by atoms with Crippen molar-refractivity contribution in [1.29, 1.82) is 0 Å². The first kappa shape index (κ1) is 19.3. The van der Waals surface area contributed by atoms with Crippen LogP contribution >= 0.6 is 11.3 Å². The number of ketones is 1. The summed E-state index contributed by atoms with van der Waals surface area (Å²) in [5.74, 6) is 1.54. The Balaban J connectivity index is 1.90. The second-order valence-corrected chi connectivity index (χ2v) is 7.74. The molecule has 142 valence electrons. The van der Waals surface area contributed by atoms with Gasteiger partial charge in [0.15, 0.2) is 5.78 Å². The summed E-state index contributed by atoms with van der Waals surface area (Å²) >= 11 is 1.66. The Morgan fingerprint density at radius 1 is 1.19 bits per heavy atom. The molecule has 3 rings (SSSR count). The molecule has 2 aromatic heterocycles. The fraction of sp³-hybridized carbons (Fsp3) is 0.350. The van der Waals surface area contributed by atoms with E-state index in [-0.39, 0.29) is 5.78 Å². The number of thiophene rings is 1. The third-order valence-electron chi connectivity index (χ3n) is 4.25. The first-order valence-electron chi connectivity index (χ1n) is 8.97. The predicted molar refractivity (Wildman–Crippen MR) is 114 cm³/mol. The maximum Gasteiger partial charge on any atom is 0.225 e. The fourth-order valence-corrected chi connectivity index (χ4v) is 3.84. The van der Waals surface area contributed by atoms with Gasteiger partial charge in [0.05, 0.1) is 10.2 Å². The SMILES string of the molecule is CNc1nc(NCCCN(C)C)c2sc(-c3ccc(C(C)=O)cc3)cc2n1. The second-order valence-electron chi connectivity index (χ2n) is 6.69. The van der Waals surface area contributed by atoms with Gasteiger partial charge in [-0.1, -0.05) is 24.3 Å². The van der Waals surface area contributed by atoms with Crippen LogP contribution in [-0.2, 0) is 0 Å². The molecule has 0 aliphatic rings. The number of nitrogens with zero attached hydrogens (tertiary/aromatic N) is 3. The molecule has 0 bridgehead atoms. The van der Waals surface area contributed by atoms with Crippen molar-refractivity contribution in [1.82, 2.24) is 14.9 Å². The van der Waals surface area contributed by atoms with Crippen molar-refractivity contribution in [2.75, 3.05) is 44.9 Å². The monoisotopic (exact) mass is 383 g/mol. The summed E-state index contributed by atoms with van der Waals surface area (Å²) in [5.41, 5.74) is 2.72. The van der Waals surface area contributed by atoms with Gasteiger partial charge < -0.3 is 15.5 Å². The van der Waals surface area contributed by atoms with Gasteiger partial charge in [-0.2, -0.15) is 4.98 Å². The lowest BCUT2D eigenvalue weighted by atomic mass is 10.1. The number of carbonyl (C=O) groups is 1. The van der Waals surface area contributed by atoms with Crippen LogP contribution in [0.5, 0.6) is 0 Å². The first-order chi connectivity index (χ1) is 13.0. The van der Waals surface area contributed by atoms with E-state index < -0.39 is 0 Å². The zero-order valence-electron chi connectivity index (χ0n) is 16.2. The predicted octanol–water partition coefficient (Wildman–Crippen LogP) is 3.97. The lowest BCUT2D eigenvalue weighted by molar-refractivity contribution is 0.101. The average molecular weight is 384 g/mol. The van der Waals surface area contributed by atoms with Gasteiger partial charge in [-0.25, -0.2) is 4.98 Å². The molecular weight excluding hydrogens is 358 g/mol. The fourth-order valence-electron chi connectivity index (χ4n) is 2.78. The Hall–Kier alpha value is -2.51. The van der Waals surface area contributed by atoms with Gasteiger partial charge in [-0.3, -0.25) is 4.79 Å². The topological polar surface area (TPSA) is 70.2 Å². The molecular formula is C20H25N5OS. The molecule has 0 unspecified atom stereocenters. The highest BCUT2D eigenvalue weighted by molar-refractivity contribution is 7.22. The minimum absolute atomic E-state index is 0.0756. The Morgan fingerprint density at radius 2 is 1.93 bits per heavy atom. The third-order valence-corrected chi connectivity index (χ3v) is 5.43. The van der Waals surface area contributed by atoms with Crippen molar-refractivity contribution in [3.8, 4) is 10.4 Å². The van der Waals surface area contributed by atoms with Gasteiger partial charge >= 0.3 is 0 Å². The van der Waals surface area contributed by atoms with Crippen LogP contribution in [0.4, 0.5) is 11.8 Å². The van der Waals surface area contributed by atoms with Gasteiger partial charge in [0, 0.05) is 24.0 Å². The maximum atomic E-state index is 11.5. The van der Waals surface area contributed by atoms with Crippen molar-refractivity contribution in [2.24, 2.45) is 0 Å². The summed E-state index contributed by atoms with van der Waals surface area (Å²) in [6, 6.07) is 9.78. The number of nitrogens with one attached hydrogen (secondary N) is 2. The summed E-state index contributed by atoms with van der Waals surface area (Å²) in [5, 5.41) is 6.49. The molecule has 2 heterocycles. The Morgan fingerprint density at radius 3 is 2.56 bits per heavy atom. The molecule has 0 fully saturated rings. The summed E-state index contributed by atoms with van der Waals surface area (Å²) in [6.45, 7) is 3.46. The normalized spacial score (nSPS) is 11.1. The number of aromatic nitrogens is 2. The molecule has 1 aromatic carbocycles. The quantitative estimate of drug-likeness (QED) is 0.453. The molecule has 0 saturated heterocycles. The van der Waals surface area contributed by atoms with Crippen LogP contribution in [0.3, 0.4) is 0 Å². The van der Waals surface area contributed by atoms with Gasteiger partial charge in [0.1, 0.15) is 5.82 Å². The van der Waals surface area contributed by atoms with Crippen molar-refractivity contribution in [3.63, 3.8) is 0 Å². The molecule has 0 aliphatic heterocycles. The molecule has 6 nitrogen and oxygen atoms in total. The van der Waals surface area contributed by atoms with Crippen LogP contribution in [0.25, 0.3) is 20.7 Å². The zero-order chi connectivity index (χ0) is 19.4. The summed E-state index contributed by atoms with van der Waals surface area (Å²) in [6.07, 6.45) is 1.04. The second kappa shape index (κ2) is 8.45. The highest BCUT2D eigenvalue weighted by Crippen LogP contribution is 2.36. The molecule has 27 heavy (non-hydrogen) atoms. The van der Waals surface area contributed by atoms with E-state index in [4.69, 9.17) is 0 Å². The van der Waals surface area contributed by atoms with Crippen molar-refractivity contribution in [2.45, 2.75) is 13.3 Å². The van der Waals surface area contributed by atoms with Gasteiger partial charge in [-0.05, 0) is 45.6 Å². The van der Waals surface area contributed by atoms with Crippen LogP contribution in [0.1, 0.15) is 23.7 Å². The molecule has 0 atom stereocenters. The van der Waals surface area contributed by atoms with E-state index in [1.54, 1.807) is 18.3 Å². The highest BCUT2D eigenvalue weighted by atomic mass is 32.1. The van der Waals surface area contributed by atoms with Gasteiger partial charge in [0.25, 0.3) is 0 Å². The van der Waals surface area contributed by atoms with E-state index in [1.165, 1.54) is 0 Å². The summed E-state index contributed by atoms with van der Waals surface area (Å²) in [7, 11) is 5.97. The number of hydrogen-bond acceptors (Lipinski definition) is 7. The van der Waals surface area contributed by atoms with Crippen LogP contribution in [-0.4, -0.2) is 54.9 Å². The van der Waals surface area contributed by atoms with E-state index in [2.05, 4.69) is 45.7 Å². The average Bonchev–Trinajstić information content (AvgIpc) is 3.09. The minimum Gasteiger partial charge on any atom is -0.369 e. The molecule has 3 aromatic rings. The smallest absolute Gasteiger partial charge is 0.225 e. The molecule has 0 radical (unpaired) electrons. The Bertz CT molecular complexity index is 933. The molecule has 0 aliphatic carbocycles. The number of carbonyl (C=O) groups excluding carboxylic acids is 1. The lowest BCUT2D eigenvalue weighted by Gasteiger charge is -2.11. The number of fused-ring (bicyclic) bond motifs is 1. The van der Waals surface area contributed by atoms with E-state index in [0.29, 0.717) is 5.95 Å². The Labute approximate surface area is 163 Å². The third kappa shape index (κ3) is 4.61. The maximum absolute atomic E-state index is 11.5. The van der Waals surface area contributed by atoms with E-state index in [9.17, 15) is 4.79 Å². The van der Waals surface area contributed by atoms with Crippen molar-refractivity contribution in [3.05, 3.63) is 35.9 Å².